The Morgan fingerprint density at radius 1 is 1.21 bits per heavy atom. The molecule has 1 amide bonds. The maximum atomic E-state index is 12.8. The molecule has 0 fully saturated rings. The molecule has 0 radical (unpaired) electrons. The summed E-state index contributed by atoms with van der Waals surface area (Å²) < 4.78 is 0. The lowest BCUT2D eigenvalue weighted by atomic mass is 10.0. The molecule has 0 saturated heterocycles. The van der Waals surface area contributed by atoms with E-state index in [1.807, 2.05) is 45.9 Å². The van der Waals surface area contributed by atoms with Crippen LogP contribution in [0.5, 0.6) is 0 Å². The number of carbonyl (C=O) groups excluding carboxylic acids is 1. The van der Waals surface area contributed by atoms with E-state index in [-0.39, 0.29) is 17.5 Å². The van der Waals surface area contributed by atoms with Crippen LogP contribution in [0, 0.1) is 20.8 Å². The maximum Gasteiger partial charge on any atom is 0.252 e. The normalized spacial score (nSPS) is 12.3. The summed E-state index contributed by atoms with van der Waals surface area (Å²) in [4.78, 5) is 27.4. The van der Waals surface area contributed by atoms with Gasteiger partial charge >= 0.3 is 0 Å². The summed E-state index contributed by atoms with van der Waals surface area (Å²) in [5.74, 6) is -0.274. The van der Waals surface area contributed by atoms with Crippen molar-refractivity contribution in [1.29, 1.82) is 0 Å². The van der Waals surface area contributed by atoms with Crippen LogP contribution in [0.1, 0.15) is 45.8 Å². The van der Waals surface area contributed by atoms with Gasteiger partial charge in [-0.05, 0) is 39.8 Å². The topological polar surface area (TPSA) is 90.6 Å². The SMILES string of the molecule is Cc1ccc2[nH]c(=O)cc(C(=O)NC(C)c3c(C)n[nH]c3C)c2c1. The number of pyridine rings is 1. The van der Waals surface area contributed by atoms with E-state index in [1.54, 1.807) is 0 Å². The fraction of sp³-hybridized carbons (Fsp3) is 0.278. The minimum atomic E-state index is -0.292. The van der Waals surface area contributed by atoms with Crippen molar-refractivity contribution in [3.05, 3.63) is 62.7 Å². The zero-order valence-electron chi connectivity index (χ0n) is 14.2. The molecule has 3 N–H and O–H groups in total. The zero-order valence-corrected chi connectivity index (χ0v) is 14.2. The van der Waals surface area contributed by atoms with Gasteiger partial charge in [0.05, 0.1) is 17.3 Å². The van der Waals surface area contributed by atoms with Gasteiger partial charge in [-0.15, -0.1) is 0 Å². The highest BCUT2D eigenvalue weighted by Crippen LogP contribution is 2.21. The number of hydrogen-bond acceptors (Lipinski definition) is 3. The molecule has 1 aromatic carbocycles. The largest absolute Gasteiger partial charge is 0.345 e. The number of rotatable bonds is 3. The van der Waals surface area contributed by atoms with Crippen LogP contribution in [0.25, 0.3) is 10.9 Å². The van der Waals surface area contributed by atoms with Crippen molar-refractivity contribution in [3.8, 4) is 0 Å². The van der Waals surface area contributed by atoms with Crippen LogP contribution in [0.2, 0.25) is 0 Å². The standard InChI is InChI=1S/C18H20N4O2/c1-9-5-6-15-13(7-9)14(8-16(23)20-15)18(24)19-10(2)17-11(3)21-22-12(17)4/h5-8,10H,1-4H3,(H,19,24)(H,20,23)(H,21,22). The van der Waals surface area contributed by atoms with Gasteiger partial charge in [0.15, 0.2) is 0 Å². The number of aromatic nitrogens is 3. The number of nitrogens with one attached hydrogen (secondary N) is 3. The first kappa shape index (κ1) is 16.0. The number of hydrogen-bond donors (Lipinski definition) is 3. The fourth-order valence-electron chi connectivity index (χ4n) is 3.10. The van der Waals surface area contributed by atoms with E-state index in [9.17, 15) is 9.59 Å². The molecule has 1 atom stereocenters. The van der Waals surface area contributed by atoms with Crippen LogP contribution < -0.4 is 10.9 Å². The predicted molar refractivity (Wildman–Crippen MR) is 93.2 cm³/mol. The van der Waals surface area contributed by atoms with E-state index in [4.69, 9.17) is 0 Å². The van der Waals surface area contributed by atoms with Gasteiger partial charge in [0.25, 0.3) is 5.91 Å². The van der Waals surface area contributed by atoms with E-state index in [0.29, 0.717) is 11.1 Å². The Kier molecular flexibility index (Phi) is 3.97. The average Bonchev–Trinajstić information content (AvgIpc) is 2.85. The van der Waals surface area contributed by atoms with Crippen molar-refractivity contribution in [2.24, 2.45) is 0 Å². The highest BCUT2D eigenvalue weighted by molar-refractivity contribution is 6.06. The quantitative estimate of drug-likeness (QED) is 0.692. The van der Waals surface area contributed by atoms with Gasteiger partial charge in [0.2, 0.25) is 5.56 Å². The van der Waals surface area contributed by atoms with Gasteiger partial charge in [-0.3, -0.25) is 14.7 Å². The van der Waals surface area contributed by atoms with Crippen molar-refractivity contribution in [2.45, 2.75) is 33.7 Å². The van der Waals surface area contributed by atoms with Gasteiger partial charge in [-0.2, -0.15) is 5.10 Å². The van der Waals surface area contributed by atoms with Gasteiger partial charge < -0.3 is 10.3 Å². The zero-order chi connectivity index (χ0) is 17.4. The third kappa shape index (κ3) is 2.82. The molecule has 2 aromatic heterocycles. The number of aryl methyl sites for hydroxylation is 3. The van der Waals surface area contributed by atoms with Gasteiger partial charge in [-0.1, -0.05) is 11.6 Å². The Morgan fingerprint density at radius 3 is 2.62 bits per heavy atom. The van der Waals surface area contributed by atoms with Crippen molar-refractivity contribution in [1.82, 2.24) is 20.5 Å². The van der Waals surface area contributed by atoms with Crippen molar-refractivity contribution >= 4 is 16.8 Å². The molecular weight excluding hydrogens is 304 g/mol. The smallest absolute Gasteiger partial charge is 0.252 e. The highest BCUT2D eigenvalue weighted by atomic mass is 16.2. The molecule has 6 heteroatoms. The van der Waals surface area contributed by atoms with Crippen LogP contribution in [0.15, 0.2) is 29.1 Å². The monoisotopic (exact) mass is 324 g/mol. The summed E-state index contributed by atoms with van der Waals surface area (Å²) >= 11 is 0. The first-order valence-electron chi connectivity index (χ1n) is 7.83. The summed E-state index contributed by atoms with van der Waals surface area (Å²) in [7, 11) is 0. The molecule has 124 valence electrons. The number of aromatic amines is 2. The number of H-pyrrole nitrogens is 2. The third-order valence-corrected chi connectivity index (χ3v) is 4.21. The lowest BCUT2D eigenvalue weighted by Gasteiger charge is -2.15. The van der Waals surface area contributed by atoms with Crippen molar-refractivity contribution in [3.63, 3.8) is 0 Å². The molecule has 3 aromatic rings. The summed E-state index contributed by atoms with van der Waals surface area (Å²) in [5.41, 5.74) is 4.51. The van der Waals surface area contributed by atoms with Crippen LogP contribution in [-0.2, 0) is 0 Å². The molecule has 3 rings (SSSR count). The minimum Gasteiger partial charge on any atom is -0.345 e. The van der Waals surface area contributed by atoms with Gasteiger partial charge in [0, 0.05) is 28.2 Å². The van der Waals surface area contributed by atoms with Crippen molar-refractivity contribution in [2.75, 3.05) is 0 Å². The summed E-state index contributed by atoms with van der Waals surface area (Å²) in [6.07, 6.45) is 0. The van der Waals surface area contributed by atoms with Crippen LogP contribution in [-0.4, -0.2) is 21.1 Å². The molecule has 6 nitrogen and oxygen atoms in total. The highest BCUT2D eigenvalue weighted by Gasteiger charge is 2.19. The van der Waals surface area contributed by atoms with E-state index in [2.05, 4.69) is 20.5 Å². The number of fused-ring (bicyclic) bond motifs is 1. The van der Waals surface area contributed by atoms with Gasteiger partial charge in [-0.25, -0.2) is 0 Å². The first-order valence-corrected chi connectivity index (χ1v) is 7.83. The third-order valence-electron chi connectivity index (χ3n) is 4.21. The van der Waals surface area contributed by atoms with Crippen molar-refractivity contribution < 1.29 is 4.79 Å². The second-order valence-corrected chi connectivity index (χ2v) is 6.14. The average molecular weight is 324 g/mol. The Labute approximate surface area is 139 Å². The second-order valence-electron chi connectivity index (χ2n) is 6.14. The number of benzene rings is 1. The molecule has 0 spiro atoms. The Bertz CT molecular complexity index is 965. The summed E-state index contributed by atoms with van der Waals surface area (Å²) in [6.45, 7) is 7.67. The van der Waals surface area contributed by atoms with Crippen LogP contribution in [0.4, 0.5) is 0 Å². The Balaban J connectivity index is 2.00. The van der Waals surface area contributed by atoms with E-state index < -0.39 is 0 Å². The van der Waals surface area contributed by atoms with Gasteiger partial charge in [0.1, 0.15) is 0 Å². The van der Waals surface area contributed by atoms with Crippen LogP contribution >= 0.6 is 0 Å². The Hall–Kier alpha value is -2.89. The lowest BCUT2D eigenvalue weighted by molar-refractivity contribution is 0.0941. The maximum absolute atomic E-state index is 12.8. The number of carbonyl (C=O) groups is 1. The summed E-state index contributed by atoms with van der Waals surface area (Å²) in [6, 6.07) is 6.76. The minimum absolute atomic E-state index is 0.213. The molecule has 0 aliphatic rings. The van der Waals surface area contributed by atoms with Crippen LogP contribution in [0.3, 0.4) is 0 Å². The Morgan fingerprint density at radius 2 is 1.96 bits per heavy atom. The predicted octanol–water partition coefficient (Wildman–Crippen LogP) is 2.67. The molecule has 0 aliphatic carbocycles. The first-order chi connectivity index (χ1) is 11.4. The number of nitrogens with zero attached hydrogens (tertiary/aromatic N) is 1. The molecule has 1 unspecified atom stereocenters. The number of amides is 1. The fourth-order valence-corrected chi connectivity index (χ4v) is 3.10. The molecule has 24 heavy (non-hydrogen) atoms. The summed E-state index contributed by atoms with van der Waals surface area (Å²) in [5, 5.41) is 10.8. The molecular formula is C18H20N4O2. The molecule has 0 saturated carbocycles. The second kappa shape index (κ2) is 5.96. The molecule has 0 bridgehead atoms. The van der Waals surface area contributed by atoms with E-state index >= 15 is 0 Å². The lowest BCUT2D eigenvalue weighted by Crippen LogP contribution is -2.28. The molecule has 2 heterocycles. The van der Waals surface area contributed by atoms with E-state index in [1.165, 1.54) is 6.07 Å². The van der Waals surface area contributed by atoms with E-state index in [0.717, 1.165) is 27.9 Å². The molecule has 0 aliphatic heterocycles.